The third-order valence-electron chi connectivity index (χ3n) is 9.01. The van der Waals surface area contributed by atoms with Gasteiger partial charge in [0.15, 0.2) is 0 Å². The Labute approximate surface area is 261 Å². The molecule has 2 fully saturated rings. The molecule has 2 saturated heterocycles. The maximum Gasteiger partial charge on any atom is 0.455 e. The number of phenolic OH excluding ortho intramolecular Hbond substituents is 1. The van der Waals surface area contributed by atoms with Crippen molar-refractivity contribution in [3.63, 3.8) is 0 Å². The Morgan fingerprint density at radius 3 is 2.47 bits per heavy atom. The van der Waals surface area contributed by atoms with Gasteiger partial charge in [0.25, 0.3) is 0 Å². The SMILES string of the molecule is CCCC1=C2[C@@H](CC/C(=C/c3cc(Br)ccc3O)c3ccccc3)OB(O)C[C@@H]2[C@@H]2C(=O)N(c3ccccc3)C(=O)[C@@H]2C1. The van der Waals surface area contributed by atoms with Crippen LogP contribution in [0.5, 0.6) is 5.75 Å². The molecule has 6 rings (SSSR count). The van der Waals surface area contributed by atoms with Crippen LogP contribution < -0.4 is 4.90 Å². The molecule has 0 spiro atoms. The summed E-state index contributed by atoms with van der Waals surface area (Å²) >= 11 is 3.51. The number of imide groups is 1. The van der Waals surface area contributed by atoms with E-state index in [1.165, 1.54) is 10.5 Å². The first-order chi connectivity index (χ1) is 20.9. The number of rotatable bonds is 8. The first kappa shape index (κ1) is 29.6. The number of amides is 2. The van der Waals surface area contributed by atoms with Crippen LogP contribution in [0.4, 0.5) is 5.69 Å². The number of para-hydroxylation sites is 1. The van der Waals surface area contributed by atoms with E-state index in [-0.39, 0.29) is 29.6 Å². The van der Waals surface area contributed by atoms with Gasteiger partial charge in [-0.2, -0.15) is 0 Å². The van der Waals surface area contributed by atoms with Crippen molar-refractivity contribution in [3.8, 4) is 5.75 Å². The molecule has 220 valence electrons. The second-order valence-corrected chi connectivity index (χ2v) is 12.6. The van der Waals surface area contributed by atoms with E-state index in [0.717, 1.165) is 34.0 Å². The van der Waals surface area contributed by atoms with Crippen molar-refractivity contribution < 1.29 is 24.4 Å². The molecule has 2 N–H and O–H groups in total. The number of anilines is 1. The van der Waals surface area contributed by atoms with Gasteiger partial charge in [-0.05, 0) is 91.0 Å². The van der Waals surface area contributed by atoms with Crippen LogP contribution in [0.3, 0.4) is 0 Å². The minimum absolute atomic E-state index is 0.144. The maximum atomic E-state index is 13.9. The summed E-state index contributed by atoms with van der Waals surface area (Å²) in [5.74, 6) is -1.31. The number of fused-ring (bicyclic) bond motifs is 3. The van der Waals surface area contributed by atoms with Crippen LogP contribution in [0.25, 0.3) is 11.6 Å². The van der Waals surface area contributed by atoms with Crippen LogP contribution in [0.1, 0.15) is 50.2 Å². The second-order valence-electron chi connectivity index (χ2n) is 11.7. The molecule has 3 aromatic rings. The zero-order chi connectivity index (χ0) is 30.1. The minimum atomic E-state index is -1.02. The van der Waals surface area contributed by atoms with Gasteiger partial charge >= 0.3 is 7.12 Å². The molecule has 2 heterocycles. The standard InChI is InChI=1S/C35H35BBrNO5/c1-2-9-24-20-28-33(35(41)38(34(28)40)27-12-7-4-8-13-27)29-21-36(42)43-31(32(24)29)17-14-23(22-10-5-3-6-11-22)18-25-19-26(37)15-16-30(25)39/h3-8,10-13,15-16,18-19,28-29,31,33,39,42H,2,9,14,17,20-21H2,1H3/b23-18-/t28-,29+,31-,33-/m1/s1. The molecule has 0 aromatic heterocycles. The average molecular weight is 640 g/mol. The number of benzene rings is 3. The van der Waals surface area contributed by atoms with E-state index >= 15 is 0 Å². The molecule has 4 atom stereocenters. The molecule has 0 bridgehead atoms. The number of nitrogens with zero attached hydrogens (tertiary/aromatic N) is 1. The predicted molar refractivity (Wildman–Crippen MR) is 173 cm³/mol. The van der Waals surface area contributed by atoms with Crippen molar-refractivity contribution in [1.82, 2.24) is 0 Å². The van der Waals surface area contributed by atoms with Gasteiger partial charge in [-0.3, -0.25) is 14.5 Å². The topological polar surface area (TPSA) is 87.1 Å². The molecule has 1 aliphatic carbocycles. The quantitative estimate of drug-likeness (QED) is 0.117. The summed E-state index contributed by atoms with van der Waals surface area (Å²) in [6.07, 6.45) is 5.42. The Balaban J connectivity index is 1.34. The van der Waals surface area contributed by atoms with E-state index in [2.05, 4.69) is 22.9 Å². The number of halogens is 1. The fourth-order valence-corrected chi connectivity index (χ4v) is 7.58. The van der Waals surface area contributed by atoms with Crippen molar-refractivity contribution in [3.05, 3.63) is 106 Å². The summed E-state index contributed by atoms with van der Waals surface area (Å²) in [6, 6.07) is 24.6. The van der Waals surface area contributed by atoms with Crippen LogP contribution in [0.2, 0.25) is 6.32 Å². The van der Waals surface area contributed by atoms with Crippen LogP contribution >= 0.6 is 15.9 Å². The van der Waals surface area contributed by atoms with Gasteiger partial charge in [-0.25, -0.2) is 0 Å². The van der Waals surface area contributed by atoms with E-state index in [9.17, 15) is 19.7 Å². The number of allylic oxidation sites excluding steroid dienone is 2. The van der Waals surface area contributed by atoms with E-state index in [0.29, 0.717) is 36.8 Å². The Hall–Kier alpha value is -3.46. The summed E-state index contributed by atoms with van der Waals surface area (Å²) in [5, 5.41) is 21.5. The predicted octanol–water partition coefficient (Wildman–Crippen LogP) is 7.28. The van der Waals surface area contributed by atoms with Gasteiger partial charge in [-0.1, -0.05) is 83.4 Å². The number of hydrogen-bond acceptors (Lipinski definition) is 5. The normalized spacial score (nSPS) is 23.9. The van der Waals surface area contributed by atoms with Crippen LogP contribution in [0.15, 0.2) is 94.5 Å². The molecule has 2 aliphatic heterocycles. The molecule has 3 aromatic carbocycles. The van der Waals surface area contributed by atoms with Crippen molar-refractivity contribution in [2.45, 2.75) is 51.5 Å². The number of aromatic hydroxyl groups is 1. The molecule has 0 unspecified atom stereocenters. The Morgan fingerprint density at radius 2 is 1.74 bits per heavy atom. The average Bonchev–Trinajstić information content (AvgIpc) is 3.26. The first-order valence-corrected chi connectivity index (χ1v) is 15.9. The first-order valence-electron chi connectivity index (χ1n) is 15.1. The Bertz CT molecular complexity index is 1570. The monoisotopic (exact) mass is 639 g/mol. The molecule has 6 nitrogen and oxygen atoms in total. The van der Waals surface area contributed by atoms with E-state index in [4.69, 9.17) is 4.65 Å². The summed E-state index contributed by atoms with van der Waals surface area (Å²) in [6.45, 7) is 2.13. The highest BCUT2D eigenvalue weighted by Crippen LogP contribution is 2.52. The van der Waals surface area contributed by atoms with Gasteiger partial charge < -0.3 is 14.8 Å². The zero-order valence-electron chi connectivity index (χ0n) is 24.2. The molecular weight excluding hydrogens is 605 g/mol. The molecule has 43 heavy (non-hydrogen) atoms. The van der Waals surface area contributed by atoms with Gasteiger partial charge in [0, 0.05) is 10.0 Å². The van der Waals surface area contributed by atoms with Crippen LogP contribution in [-0.4, -0.2) is 35.2 Å². The third kappa shape index (κ3) is 5.88. The maximum absolute atomic E-state index is 13.9. The number of carbonyl (C=O) groups excluding carboxylic acids is 2. The van der Waals surface area contributed by atoms with Crippen LogP contribution in [-0.2, 0) is 14.2 Å². The lowest BCUT2D eigenvalue weighted by molar-refractivity contribution is -0.122. The molecular formula is C35H35BBrNO5. The smallest absolute Gasteiger partial charge is 0.455 e. The number of phenols is 1. The van der Waals surface area contributed by atoms with E-state index in [1.54, 1.807) is 24.3 Å². The largest absolute Gasteiger partial charge is 0.507 e. The van der Waals surface area contributed by atoms with E-state index < -0.39 is 19.0 Å². The summed E-state index contributed by atoms with van der Waals surface area (Å²) < 4.78 is 7.11. The summed E-state index contributed by atoms with van der Waals surface area (Å²) in [5.41, 5.74) is 5.67. The molecule has 2 amide bonds. The van der Waals surface area contributed by atoms with Crippen molar-refractivity contribution in [2.24, 2.45) is 17.8 Å². The van der Waals surface area contributed by atoms with Crippen molar-refractivity contribution >= 4 is 52.2 Å². The number of hydrogen-bond donors (Lipinski definition) is 2. The second kappa shape index (κ2) is 12.6. The van der Waals surface area contributed by atoms with E-state index in [1.807, 2.05) is 60.7 Å². The van der Waals surface area contributed by atoms with Crippen molar-refractivity contribution in [2.75, 3.05) is 4.90 Å². The van der Waals surface area contributed by atoms with Gasteiger partial charge in [0.2, 0.25) is 11.8 Å². The van der Waals surface area contributed by atoms with Crippen LogP contribution in [0, 0.1) is 17.8 Å². The highest BCUT2D eigenvalue weighted by molar-refractivity contribution is 9.10. The Kier molecular flexibility index (Phi) is 8.71. The molecule has 3 aliphatic rings. The fourth-order valence-electron chi connectivity index (χ4n) is 7.20. The lowest BCUT2D eigenvalue weighted by atomic mass is 9.58. The lowest BCUT2D eigenvalue weighted by Gasteiger charge is -2.43. The zero-order valence-corrected chi connectivity index (χ0v) is 25.7. The fraction of sp³-hybridized carbons (Fsp3) is 0.314. The van der Waals surface area contributed by atoms with Gasteiger partial charge in [0.1, 0.15) is 5.75 Å². The summed E-state index contributed by atoms with van der Waals surface area (Å²) in [4.78, 5) is 29.0. The summed E-state index contributed by atoms with van der Waals surface area (Å²) in [7, 11) is -1.02. The third-order valence-corrected chi connectivity index (χ3v) is 9.51. The highest BCUT2D eigenvalue weighted by atomic mass is 79.9. The Morgan fingerprint density at radius 1 is 1.02 bits per heavy atom. The molecule has 8 heteroatoms. The van der Waals surface area contributed by atoms with Crippen molar-refractivity contribution in [1.29, 1.82) is 0 Å². The molecule has 0 radical (unpaired) electrons. The lowest BCUT2D eigenvalue weighted by Crippen LogP contribution is -2.46. The molecule has 0 saturated carbocycles. The van der Waals surface area contributed by atoms with Gasteiger partial charge in [-0.15, -0.1) is 0 Å². The van der Waals surface area contributed by atoms with Gasteiger partial charge in [0.05, 0.1) is 23.6 Å². The minimum Gasteiger partial charge on any atom is -0.507 e. The highest BCUT2D eigenvalue weighted by Gasteiger charge is 2.57. The number of carbonyl (C=O) groups is 2.